The van der Waals surface area contributed by atoms with Crippen molar-refractivity contribution in [3.05, 3.63) is 58.3 Å². The van der Waals surface area contributed by atoms with Gasteiger partial charge in [0.15, 0.2) is 11.5 Å². The predicted molar refractivity (Wildman–Crippen MR) is 106 cm³/mol. The molecule has 0 fully saturated rings. The van der Waals surface area contributed by atoms with Crippen molar-refractivity contribution in [3.8, 4) is 11.5 Å². The van der Waals surface area contributed by atoms with Crippen molar-refractivity contribution in [2.45, 2.75) is 12.2 Å². The number of carbonyl (C=O) groups is 1. The van der Waals surface area contributed by atoms with Gasteiger partial charge in [0, 0.05) is 29.2 Å². The number of thioether (sulfide) groups is 1. The van der Waals surface area contributed by atoms with Crippen LogP contribution in [0.4, 0.5) is 0 Å². The Morgan fingerprint density at radius 3 is 2.84 bits per heavy atom. The average molecular weight is 378 g/mol. The molecule has 0 unspecified atom stereocenters. The van der Waals surface area contributed by atoms with E-state index in [1.807, 2.05) is 17.8 Å². The zero-order valence-corrected chi connectivity index (χ0v) is 16.2. The van der Waals surface area contributed by atoms with E-state index in [0.717, 1.165) is 17.1 Å². The van der Waals surface area contributed by atoms with Gasteiger partial charge in [-0.3, -0.25) is 4.79 Å². The summed E-state index contributed by atoms with van der Waals surface area (Å²) in [5.41, 5.74) is 2.78. The first-order chi connectivity index (χ1) is 12.2. The van der Waals surface area contributed by atoms with Gasteiger partial charge in [0.05, 0.1) is 14.2 Å². The lowest BCUT2D eigenvalue weighted by molar-refractivity contribution is 0.0955. The van der Waals surface area contributed by atoms with Crippen LogP contribution >= 0.6 is 23.1 Å². The second-order valence-corrected chi connectivity index (χ2v) is 7.19. The van der Waals surface area contributed by atoms with Crippen molar-refractivity contribution in [3.63, 3.8) is 0 Å². The number of allylic oxidation sites excluding steroid dienone is 1. The fourth-order valence-corrected chi connectivity index (χ4v) is 3.97. The minimum Gasteiger partial charge on any atom is -0.493 e. The van der Waals surface area contributed by atoms with Crippen LogP contribution in [0.2, 0.25) is 0 Å². The Morgan fingerprint density at radius 2 is 2.20 bits per heavy atom. The minimum absolute atomic E-state index is 0.109. The van der Waals surface area contributed by atoms with Gasteiger partial charge in [-0.15, -0.1) is 6.58 Å². The molecule has 1 aromatic heterocycles. The highest BCUT2D eigenvalue weighted by Crippen LogP contribution is 2.33. The number of nitrogens with one attached hydrogen (secondary N) is 1. The van der Waals surface area contributed by atoms with Crippen molar-refractivity contribution in [2.24, 2.45) is 0 Å². The molecule has 1 N–H and O–H groups in total. The monoisotopic (exact) mass is 377 g/mol. The van der Waals surface area contributed by atoms with Crippen LogP contribution in [0.25, 0.3) is 0 Å². The highest BCUT2D eigenvalue weighted by molar-refractivity contribution is 7.98. The van der Waals surface area contributed by atoms with Crippen LogP contribution in [0.3, 0.4) is 0 Å². The van der Waals surface area contributed by atoms with Crippen molar-refractivity contribution >= 4 is 29.0 Å². The first-order valence-electron chi connectivity index (χ1n) is 7.92. The molecule has 1 aromatic carbocycles. The maximum Gasteiger partial charge on any atom is 0.251 e. The van der Waals surface area contributed by atoms with E-state index < -0.39 is 0 Å². The van der Waals surface area contributed by atoms with E-state index >= 15 is 0 Å². The van der Waals surface area contributed by atoms with Crippen LogP contribution in [-0.4, -0.2) is 32.4 Å². The molecule has 2 rings (SSSR count). The number of thiophene rings is 1. The SMILES string of the molecule is C=CCc1cc(C(=O)NCCSCc2ccsc2)cc(OC)c1OC. The first kappa shape index (κ1) is 19.4. The Hall–Kier alpha value is -1.92. The van der Waals surface area contributed by atoms with Gasteiger partial charge < -0.3 is 14.8 Å². The zero-order chi connectivity index (χ0) is 18.1. The molecule has 4 nitrogen and oxygen atoms in total. The van der Waals surface area contributed by atoms with E-state index in [2.05, 4.69) is 28.7 Å². The number of benzene rings is 1. The minimum atomic E-state index is -0.109. The molecular weight excluding hydrogens is 354 g/mol. The third-order valence-electron chi connectivity index (χ3n) is 3.56. The first-order valence-corrected chi connectivity index (χ1v) is 10.0. The summed E-state index contributed by atoms with van der Waals surface area (Å²) >= 11 is 3.51. The molecule has 0 radical (unpaired) electrons. The van der Waals surface area contributed by atoms with Crippen LogP contribution in [0.1, 0.15) is 21.5 Å². The molecule has 25 heavy (non-hydrogen) atoms. The Morgan fingerprint density at radius 1 is 1.36 bits per heavy atom. The Balaban J connectivity index is 1.93. The highest BCUT2D eigenvalue weighted by Gasteiger charge is 2.15. The lowest BCUT2D eigenvalue weighted by Crippen LogP contribution is -2.26. The molecule has 6 heteroatoms. The predicted octanol–water partition coefficient (Wildman–Crippen LogP) is 4.16. The third kappa shape index (κ3) is 5.54. The summed E-state index contributed by atoms with van der Waals surface area (Å²) in [6, 6.07) is 5.66. The third-order valence-corrected chi connectivity index (χ3v) is 5.33. The summed E-state index contributed by atoms with van der Waals surface area (Å²) in [5, 5.41) is 7.19. The van der Waals surface area contributed by atoms with Crippen LogP contribution in [0, 0.1) is 0 Å². The molecule has 0 aliphatic heterocycles. The lowest BCUT2D eigenvalue weighted by atomic mass is 10.0. The van der Waals surface area contributed by atoms with Crippen LogP contribution in [0.15, 0.2) is 41.6 Å². The molecule has 0 aliphatic carbocycles. The van der Waals surface area contributed by atoms with Crippen molar-refractivity contribution in [1.82, 2.24) is 5.32 Å². The van der Waals surface area contributed by atoms with E-state index in [1.54, 1.807) is 37.7 Å². The highest BCUT2D eigenvalue weighted by atomic mass is 32.2. The van der Waals surface area contributed by atoms with Crippen molar-refractivity contribution < 1.29 is 14.3 Å². The summed E-state index contributed by atoms with van der Waals surface area (Å²) in [4.78, 5) is 12.4. The van der Waals surface area contributed by atoms with Crippen LogP contribution < -0.4 is 14.8 Å². The summed E-state index contributed by atoms with van der Waals surface area (Å²) in [6.45, 7) is 4.38. The molecule has 1 amide bonds. The molecule has 0 spiro atoms. The number of methoxy groups -OCH3 is 2. The van der Waals surface area contributed by atoms with Crippen molar-refractivity contribution in [1.29, 1.82) is 0 Å². The molecule has 0 atom stereocenters. The number of hydrogen-bond donors (Lipinski definition) is 1. The van der Waals surface area contributed by atoms with Gasteiger partial charge in [0.25, 0.3) is 5.91 Å². The van der Waals surface area contributed by atoms with E-state index in [4.69, 9.17) is 9.47 Å². The second kappa shape index (κ2) is 10.2. The smallest absolute Gasteiger partial charge is 0.251 e. The maximum atomic E-state index is 12.4. The molecule has 0 bridgehead atoms. The molecule has 2 aromatic rings. The van der Waals surface area contributed by atoms with Crippen LogP contribution in [0.5, 0.6) is 11.5 Å². The molecule has 1 heterocycles. The summed E-state index contributed by atoms with van der Waals surface area (Å²) in [5.74, 6) is 2.93. The average Bonchev–Trinajstić information content (AvgIpc) is 3.14. The normalized spacial score (nSPS) is 10.3. The summed E-state index contributed by atoms with van der Waals surface area (Å²) in [7, 11) is 3.16. The van der Waals surface area contributed by atoms with Gasteiger partial charge in [0.1, 0.15) is 0 Å². The lowest BCUT2D eigenvalue weighted by Gasteiger charge is -2.14. The fraction of sp³-hybridized carbons (Fsp3) is 0.316. The van der Waals surface area contributed by atoms with Crippen LogP contribution in [-0.2, 0) is 12.2 Å². The maximum absolute atomic E-state index is 12.4. The van der Waals surface area contributed by atoms with E-state index in [0.29, 0.717) is 30.0 Å². The molecule has 0 saturated carbocycles. The van der Waals surface area contributed by atoms with Crippen molar-refractivity contribution in [2.75, 3.05) is 26.5 Å². The largest absolute Gasteiger partial charge is 0.493 e. The van der Waals surface area contributed by atoms with E-state index in [9.17, 15) is 4.79 Å². The Kier molecular flexibility index (Phi) is 7.88. The number of carbonyl (C=O) groups excluding carboxylic acids is 1. The fourth-order valence-electron chi connectivity index (χ4n) is 2.39. The summed E-state index contributed by atoms with van der Waals surface area (Å²) in [6.07, 6.45) is 2.39. The standard InChI is InChI=1S/C19H23NO3S2/c1-4-5-15-10-16(11-17(22-2)18(15)23-3)19(21)20-7-9-25-13-14-6-8-24-12-14/h4,6,8,10-12H,1,5,7,9,13H2,2-3H3,(H,20,21). The number of hydrogen-bond acceptors (Lipinski definition) is 5. The topological polar surface area (TPSA) is 47.6 Å². The Labute approximate surface area is 157 Å². The quantitative estimate of drug-likeness (QED) is 0.499. The molecule has 134 valence electrons. The Bertz CT molecular complexity index is 699. The number of rotatable bonds is 10. The van der Waals surface area contributed by atoms with Gasteiger partial charge in [-0.1, -0.05) is 6.08 Å². The summed E-state index contributed by atoms with van der Waals surface area (Å²) < 4.78 is 10.8. The molecule has 0 aliphatic rings. The number of ether oxygens (including phenoxy) is 2. The molecular formula is C19H23NO3S2. The number of amides is 1. The van der Waals surface area contributed by atoms with Gasteiger partial charge in [-0.05, 0) is 40.9 Å². The van der Waals surface area contributed by atoms with Gasteiger partial charge in [0.2, 0.25) is 0 Å². The second-order valence-electron chi connectivity index (χ2n) is 5.30. The van der Waals surface area contributed by atoms with E-state index in [-0.39, 0.29) is 5.91 Å². The zero-order valence-electron chi connectivity index (χ0n) is 14.5. The van der Waals surface area contributed by atoms with E-state index in [1.165, 1.54) is 5.56 Å². The molecule has 0 saturated heterocycles. The van der Waals surface area contributed by atoms with Gasteiger partial charge in [-0.2, -0.15) is 23.1 Å². The van der Waals surface area contributed by atoms with Gasteiger partial charge >= 0.3 is 0 Å². The van der Waals surface area contributed by atoms with Gasteiger partial charge in [-0.25, -0.2) is 0 Å².